The molecule has 1 aromatic heterocycles. The van der Waals surface area contributed by atoms with Crippen LogP contribution in [0.1, 0.15) is 41.9 Å². The van der Waals surface area contributed by atoms with E-state index in [-0.39, 0.29) is 5.91 Å². The molecule has 0 unspecified atom stereocenters. The van der Waals surface area contributed by atoms with Gasteiger partial charge in [0.2, 0.25) is 5.91 Å². The number of hydrogen-bond donors (Lipinski definition) is 5. The molecule has 18 heteroatoms. The zero-order valence-electron chi connectivity index (χ0n) is 26.3. The van der Waals surface area contributed by atoms with Crippen molar-refractivity contribution in [1.29, 1.82) is 0 Å². The van der Waals surface area contributed by atoms with E-state index in [1.165, 1.54) is 0 Å². The fraction of sp³-hybridized carbons (Fsp3) is 0.387. The number of ether oxygens (including phenoxy) is 1. The molecule has 0 spiro atoms. The Morgan fingerprint density at radius 3 is 2.02 bits per heavy atom. The lowest BCUT2D eigenvalue weighted by atomic mass is 9.90. The van der Waals surface area contributed by atoms with Gasteiger partial charge in [0, 0.05) is 34.8 Å². The number of para-hydroxylation sites is 1. The zero-order valence-corrected chi connectivity index (χ0v) is 26.3. The first-order chi connectivity index (χ1) is 22.7. The number of carbonyl (C=O) groups is 4. The highest BCUT2D eigenvalue weighted by Gasteiger charge is 2.39. The van der Waals surface area contributed by atoms with E-state index in [9.17, 15) is 35.9 Å². The van der Waals surface area contributed by atoms with Crippen LogP contribution in [0.5, 0.6) is 5.75 Å². The summed E-state index contributed by atoms with van der Waals surface area (Å²) < 4.78 is 69.5. The van der Waals surface area contributed by atoms with Crippen LogP contribution in [0.25, 0.3) is 10.9 Å². The van der Waals surface area contributed by atoms with Crippen molar-refractivity contribution < 1.29 is 65.7 Å². The number of hydroxylamine groups is 1. The maximum absolute atomic E-state index is 12.9. The molecular weight excluding hydrogens is 670 g/mol. The second-order valence-corrected chi connectivity index (χ2v) is 10.9. The Kier molecular flexibility index (Phi) is 14.3. The molecule has 268 valence electrons. The van der Waals surface area contributed by atoms with Gasteiger partial charge in [0.15, 0.2) is 0 Å². The number of pyridine rings is 1. The number of carboxylic acid groups (broad SMARTS) is 2. The predicted molar refractivity (Wildman–Crippen MR) is 161 cm³/mol. The Morgan fingerprint density at radius 1 is 0.959 bits per heavy atom. The number of carboxylic acids is 2. The van der Waals surface area contributed by atoms with Crippen molar-refractivity contribution in [1.82, 2.24) is 20.7 Å². The second kappa shape index (κ2) is 17.4. The summed E-state index contributed by atoms with van der Waals surface area (Å²) in [4.78, 5) is 49.7. The SMILES string of the molecule is Cc1cc(COc2ccc(C(=O)N[C@@H]3CN(C(C)C)CC[C@@H]3C(=O)NO)cc2)c2ccccc2n1.O=C(O)C(F)(F)F.O=C(O)C(F)(F)F. The third kappa shape index (κ3) is 12.5. The second-order valence-electron chi connectivity index (χ2n) is 10.9. The molecule has 0 radical (unpaired) electrons. The van der Waals surface area contributed by atoms with E-state index in [1.54, 1.807) is 29.7 Å². The number of alkyl halides is 6. The number of fused-ring (bicyclic) bond motifs is 1. The summed E-state index contributed by atoms with van der Waals surface area (Å²) in [6.07, 6.45) is -9.61. The molecule has 4 rings (SSSR count). The molecular formula is C31H34F6N4O8. The Balaban J connectivity index is 0.000000500. The van der Waals surface area contributed by atoms with Crippen LogP contribution >= 0.6 is 0 Å². The molecule has 1 saturated heterocycles. The quantitative estimate of drug-likeness (QED) is 0.131. The van der Waals surface area contributed by atoms with E-state index in [0.29, 0.717) is 36.9 Å². The third-order valence-corrected chi connectivity index (χ3v) is 7.06. The summed E-state index contributed by atoms with van der Waals surface area (Å²) >= 11 is 0. The van der Waals surface area contributed by atoms with Gasteiger partial charge >= 0.3 is 24.3 Å². The number of aliphatic carboxylic acids is 2. The summed E-state index contributed by atoms with van der Waals surface area (Å²) in [6.45, 7) is 7.80. The first-order valence-electron chi connectivity index (χ1n) is 14.4. The lowest BCUT2D eigenvalue weighted by molar-refractivity contribution is -0.193. The smallest absolute Gasteiger partial charge is 0.489 e. The number of piperidine rings is 1. The molecule has 49 heavy (non-hydrogen) atoms. The van der Waals surface area contributed by atoms with E-state index in [1.807, 2.05) is 37.3 Å². The number of nitrogens with one attached hydrogen (secondary N) is 2. The van der Waals surface area contributed by atoms with Crippen molar-refractivity contribution in [2.24, 2.45) is 5.92 Å². The molecule has 2 aromatic carbocycles. The third-order valence-electron chi connectivity index (χ3n) is 7.06. The molecule has 1 fully saturated rings. The normalized spacial score (nSPS) is 16.4. The number of halogens is 6. The van der Waals surface area contributed by atoms with Crippen LogP contribution in [-0.4, -0.2) is 86.6 Å². The molecule has 0 saturated carbocycles. The van der Waals surface area contributed by atoms with Gasteiger partial charge in [-0.1, -0.05) is 18.2 Å². The topological polar surface area (TPSA) is 178 Å². The van der Waals surface area contributed by atoms with Crippen LogP contribution in [0.3, 0.4) is 0 Å². The number of aromatic nitrogens is 1. The lowest BCUT2D eigenvalue weighted by Gasteiger charge is -2.39. The van der Waals surface area contributed by atoms with Crippen LogP contribution in [-0.2, 0) is 21.0 Å². The Morgan fingerprint density at radius 2 is 1.51 bits per heavy atom. The number of hydrogen-bond acceptors (Lipinski definition) is 8. The van der Waals surface area contributed by atoms with Crippen molar-refractivity contribution in [3.05, 3.63) is 71.4 Å². The van der Waals surface area contributed by atoms with Crippen LogP contribution in [0.15, 0.2) is 54.6 Å². The minimum absolute atomic E-state index is 0.265. The lowest BCUT2D eigenvalue weighted by Crippen LogP contribution is -2.57. The van der Waals surface area contributed by atoms with E-state index in [0.717, 1.165) is 28.7 Å². The number of likely N-dealkylation sites (tertiary alicyclic amines) is 1. The molecule has 3 aromatic rings. The summed E-state index contributed by atoms with van der Waals surface area (Å²) in [5.74, 6) is -6.08. The standard InChI is InChI=1S/C27H32N4O4.2C2HF3O2/c1-17(2)31-13-12-23(27(33)30-34)25(15-31)29-26(32)19-8-10-21(11-9-19)35-16-20-14-18(3)28-24-7-5-4-6-22(20)24;2*3-2(4,5)1(6)7/h4-11,14,17,23,25,34H,12-13,15-16H2,1-3H3,(H,29,32)(H,30,33);2*(H,6,7)/t23-,25+;;/m0../s1. The van der Waals surface area contributed by atoms with E-state index in [2.05, 4.69) is 29.0 Å². The minimum atomic E-state index is -5.08. The molecule has 2 amide bonds. The van der Waals surface area contributed by atoms with Gasteiger partial charge in [-0.25, -0.2) is 15.1 Å². The van der Waals surface area contributed by atoms with E-state index in [4.69, 9.17) is 29.7 Å². The summed E-state index contributed by atoms with van der Waals surface area (Å²) in [7, 11) is 0. The van der Waals surface area contributed by atoms with Gasteiger partial charge < -0.3 is 20.3 Å². The van der Waals surface area contributed by atoms with Crippen molar-refractivity contribution in [3.8, 4) is 5.75 Å². The molecule has 1 aliphatic heterocycles. The average Bonchev–Trinajstić information content (AvgIpc) is 3.03. The van der Waals surface area contributed by atoms with Gasteiger partial charge in [-0.15, -0.1) is 0 Å². The number of rotatable bonds is 7. The maximum atomic E-state index is 12.9. The number of amides is 2. The van der Waals surface area contributed by atoms with Gasteiger partial charge in [0.1, 0.15) is 12.4 Å². The monoisotopic (exact) mass is 704 g/mol. The van der Waals surface area contributed by atoms with Crippen molar-refractivity contribution in [2.45, 2.75) is 58.2 Å². The number of carbonyl (C=O) groups excluding carboxylic acids is 2. The fourth-order valence-corrected chi connectivity index (χ4v) is 4.62. The van der Waals surface area contributed by atoms with Crippen molar-refractivity contribution in [2.75, 3.05) is 13.1 Å². The predicted octanol–water partition coefficient (Wildman–Crippen LogP) is 4.72. The number of benzene rings is 2. The molecule has 1 aliphatic rings. The largest absolute Gasteiger partial charge is 0.490 e. The first kappa shape index (κ1) is 40.2. The van der Waals surface area contributed by atoms with Crippen LogP contribution in [0.2, 0.25) is 0 Å². The fourth-order valence-electron chi connectivity index (χ4n) is 4.62. The van der Waals surface area contributed by atoms with Gasteiger partial charge in [-0.05, 0) is 70.1 Å². The Bertz CT molecular complexity index is 1580. The van der Waals surface area contributed by atoms with Gasteiger partial charge in [-0.2, -0.15) is 26.3 Å². The van der Waals surface area contributed by atoms with Crippen molar-refractivity contribution >= 4 is 34.7 Å². The molecule has 2 heterocycles. The summed E-state index contributed by atoms with van der Waals surface area (Å²) in [5, 5.41) is 27.4. The molecule has 5 N–H and O–H groups in total. The molecule has 0 aliphatic carbocycles. The first-order valence-corrected chi connectivity index (χ1v) is 14.4. The Labute approximate surface area is 275 Å². The van der Waals surface area contributed by atoms with Crippen LogP contribution in [0, 0.1) is 12.8 Å². The highest BCUT2D eigenvalue weighted by atomic mass is 19.4. The summed E-state index contributed by atoms with van der Waals surface area (Å²) in [6, 6.07) is 16.9. The van der Waals surface area contributed by atoms with Crippen LogP contribution < -0.4 is 15.5 Å². The molecule has 12 nitrogen and oxygen atoms in total. The highest BCUT2D eigenvalue weighted by molar-refractivity contribution is 5.95. The summed E-state index contributed by atoms with van der Waals surface area (Å²) in [5.41, 5.74) is 5.14. The molecule has 2 atom stereocenters. The van der Waals surface area contributed by atoms with Crippen LogP contribution in [0.4, 0.5) is 26.3 Å². The van der Waals surface area contributed by atoms with Crippen molar-refractivity contribution in [3.63, 3.8) is 0 Å². The van der Waals surface area contributed by atoms with Gasteiger partial charge in [-0.3, -0.25) is 24.7 Å². The number of nitrogens with zero attached hydrogens (tertiary/aromatic N) is 2. The average molecular weight is 705 g/mol. The van der Waals surface area contributed by atoms with Gasteiger partial charge in [0.25, 0.3) is 5.91 Å². The highest BCUT2D eigenvalue weighted by Crippen LogP contribution is 2.23. The number of aryl methyl sites for hydroxylation is 1. The minimum Gasteiger partial charge on any atom is -0.489 e. The molecule has 0 bridgehead atoms. The van der Waals surface area contributed by atoms with E-state index >= 15 is 0 Å². The maximum Gasteiger partial charge on any atom is 0.490 e. The van der Waals surface area contributed by atoms with Gasteiger partial charge in [0.05, 0.1) is 17.5 Å². The van der Waals surface area contributed by atoms with E-state index < -0.39 is 42.2 Å². The Hall–Kier alpha value is -4.97. The zero-order chi connectivity index (χ0) is 37.1.